The lowest BCUT2D eigenvalue weighted by atomic mass is 9.89. The van der Waals surface area contributed by atoms with Crippen LogP contribution in [-0.4, -0.2) is 45.1 Å². The van der Waals surface area contributed by atoms with Gasteiger partial charge in [-0.05, 0) is 35.7 Å². The van der Waals surface area contributed by atoms with Gasteiger partial charge in [-0.3, -0.25) is 0 Å². The Morgan fingerprint density at radius 3 is 2.63 bits per heavy atom. The average molecular weight is 408 g/mol. The highest BCUT2D eigenvalue weighted by Crippen LogP contribution is 2.29. The molecular weight excluding hydrogens is 374 g/mol. The summed E-state index contributed by atoms with van der Waals surface area (Å²) in [7, 11) is 0. The molecular formula is C25H33N3O2. The topological polar surface area (TPSA) is 37.3 Å². The number of nitrogens with zero attached hydrogens (tertiary/aromatic N) is 3. The lowest BCUT2D eigenvalue weighted by molar-refractivity contribution is 0.122. The third-order valence-corrected chi connectivity index (χ3v) is 5.88. The van der Waals surface area contributed by atoms with Crippen molar-refractivity contribution < 1.29 is 9.57 Å². The largest absolute Gasteiger partial charge is 0.391 e. The molecule has 0 saturated carbocycles. The van der Waals surface area contributed by atoms with Crippen LogP contribution in [-0.2, 0) is 22.6 Å². The van der Waals surface area contributed by atoms with Crippen LogP contribution in [0.15, 0.2) is 53.7 Å². The third-order valence-electron chi connectivity index (χ3n) is 5.88. The van der Waals surface area contributed by atoms with Gasteiger partial charge >= 0.3 is 0 Å². The zero-order valence-corrected chi connectivity index (χ0v) is 18.4. The highest BCUT2D eigenvalue weighted by Gasteiger charge is 2.26. The van der Waals surface area contributed by atoms with E-state index in [4.69, 9.17) is 9.57 Å². The van der Waals surface area contributed by atoms with Crippen LogP contribution in [0.3, 0.4) is 0 Å². The van der Waals surface area contributed by atoms with Crippen LogP contribution in [0.2, 0.25) is 0 Å². The fraction of sp³-hybridized carbons (Fsp3) is 0.480. The van der Waals surface area contributed by atoms with Crippen molar-refractivity contribution in [1.82, 2.24) is 0 Å². The molecule has 0 unspecified atom stereocenters. The number of hydrogen-bond donors (Lipinski definition) is 0. The number of ether oxygens (including phenoxy) is 1. The van der Waals surface area contributed by atoms with Crippen LogP contribution in [0.5, 0.6) is 0 Å². The Kier molecular flexibility index (Phi) is 6.28. The summed E-state index contributed by atoms with van der Waals surface area (Å²) in [5, 5.41) is 4.61. The summed E-state index contributed by atoms with van der Waals surface area (Å²) in [6, 6.07) is 17.2. The molecule has 0 spiro atoms. The van der Waals surface area contributed by atoms with Gasteiger partial charge in [-0.15, -0.1) is 0 Å². The van der Waals surface area contributed by atoms with Gasteiger partial charge < -0.3 is 19.4 Å². The fourth-order valence-corrected chi connectivity index (χ4v) is 4.00. The van der Waals surface area contributed by atoms with E-state index in [1.807, 2.05) is 0 Å². The summed E-state index contributed by atoms with van der Waals surface area (Å²) in [5.74, 6) is 0. The van der Waals surface area contributed by atoms with Crippen molar-refractivity contribution in [3.05, 3.63) is 59.7 Å². The van der Waals surface area contributed by atoms with E-state index in [9.17, 15) is 0 Å². The maximum Gasteiger partial charge on any atom is 0.142 e. The maximum atomic E-state index is 5.87. The number of anilines is 2. The van der Waals surface area contributed by atoms with Crippen molar-refractivity contribution in [2.45, 2.75) is 33.8 Å². The monoisotopic (exact) mass is 407 g/mol. The number of oxime groups is 1. The first kappa shape index (κ1) is 20.7. The van der Waals surface area contributed by atoms with Gasteiger partial charge in [-0.25, -0.2) is 0 Å². The molecule has 1 saturated heterocycles. The molecule has 1 fully saturated rings. The molecule has 2 aliphatic rings. The second kappa shape index (κ2) is 9.09. The maximum absolute atomic E-state index is 5.87. The van der Waals surface area contributed by atoms with E-state index in [-0.39, 0.29) is 5.41 Å². The molecule has 0 aromatic heterocycles. The minimum Gasteiger partial charge on any atom is -0.391 e. The first-order chi connectivity index (χ1) is 14.5. The standard InChI is InChI=1S/C25H33N3O2/c1-25(2,3)24(18-28-12-11-21-8-4-5-10-23(21)28)26-30-19-20-7-6-9-22(17-20)27-13-15-29-16-14-27/h4-10,17H,11-16,18-19H2,1-3H3. The van der Waals surface area contributed by atoms with Crippen LogP contribution in [0.25, 0.3) is 0 Å². The SMILES string of the molecule is CC(C)(C)C(CN1CCc2ccccc21)=NOCc1cccc(N2CCOCC2)c1. The van der Waals surface area contributed by atoms with E-state index < -0.39 is 0 Å². The molecule has 0 bridgehead atoms. The van der Waals surface area contributed by atoms with Gasteiger partial charge in [0.2, 0.25) is 0 Å². The van der Waals surface area contributed by atoms with Gasteiger partial charge in [0.05, 0.1) is 25.5 Å². The first-order valence-electron chi connectivity index (χ1n) is 10.9. The normalized spacial score (nSPS) is 17.2. The van der Waals surface area contributed by atoms with E-state index in [1.165, 1.54) is 16.9 Å². The van der Waals surface area contributed by atoms with Gasteiger partial charge in [0.25, 0.3) is 0 Å². The Balaban J connectivity index is 1.42. The van der Waals surface area contributed by atoms with E-state index in [1.54, 1.807) is 0 Å². The highest BCUT2D eigenvalue weighted by atomic mass is 16.6. The smallest absolute Gasteiger partial charge is 0.142 e. The van der Waals surface area contributed by atoms with Gasteiger partial charge in [0.1, 0.15) is 6.61 Å². The molecule has 2 aromatic rings. The molecule has 2 heterocycles. The van der Waals surface area contributed by atoms with Gasteiger partial charge in [-0.1, -0.05) is 56.3 Å². The van der Waals surface area contributed by atoms with E-state index in [0.29, 0.717) is 6.61 Å². The molecule has 30 heavy (non-hydrogen) atoms. The van der Waals surface area contributed by atoms with E-state index in [0.717, 1.165) is 57.1 Å². The average Bonchev–Trinajstić information content (AvgIpc) is 3.16. The summed E-state index contributed by atoms with van der Waals surface area (Å²) in [5.41, 5.74) is 6.14. The number of benzene rings is 2. The lowest BCUT2D eigenvalue weighted by Crippen LogP contribution is -2.36. The van der Waals surface area contributed by atoms with E-state index in [2.05, 4.69) is 84.3 Å². The van der Waals surface area contributed by atoms with Crippen molar-refractivity contribution >= 4 is 17.1 Å². The number of fused-ring (bicyclic) bond motifs is 1. The Bertz CT molecular complexity index is 882. The molecule has 0 aliphatic carbocycles. The summed E-state index contributed by atoms with van der Waals surface area (Å²) in [4.78, 5) is 10.6. The van der Waals surface area contributed by atoms with Crippen LogP contribution in [0.1, 0.15) is 31.9 Å². The number of morpholine rings is 1. The molecule has 2 aliphatic heterocycles. The lowest BCUT2D eigenvalue weighted by Gasteiger charge is -2.29. The van der Waals surface area contributed by atoms with Crippen LogP contribution in [0, 0.1) is 5.41 Å². The van der Waals surface area contributed by atoms with Crippen LogP contribution < -0.4 is 9.80 Å². The van der Waals surface area contributed by atoms with Crippen molar-refractivity contribution in [3.8, 4) is 0 Å². The summed E-state index contributed by atoms with van der Waals surface area (Å²) in [6.07, 6.45) is 1.10. The van der Waals surface area contributed by atoms with Crippen LogP contribution >= 0.6 is 0 Å². The van der Waals surface area contributed by atoms with Crippen molar-refractivity contribution in [2.75, 3.05) is 49.2 Å². The first-order valence-corrected chi connectivity index (χ1v) is 10.9. The Labute approximate surface area is 180 Å². The Morgan fingerprint density at radius 2 is 1.83 bits per heavy atom. The van der Waals surface area contributed by atoms with Gasteiger partial charge in [-0.2, -0.15) is 0 Å². The zero-order valence-electron chi connectivity index (χ0n) is 18.4. The summed E-state index contributed by atoms with van der Waals surface area (Å²) >= 11 is 0. The molecule has 0 radical (unpaired) electrons. The highest BCUT2D eigenvalue weighted by molar-refractivity contribution is 5.93. The summed E-state index contributed by atoms with van der Waals surface area (Å²) < 4.78 is 5.46. The summed E-state index contributed by atoms with van der Waals surface area (Å²) in [6.45, 7) is 12.4. The quantitative estimate of drug-likeness (QED) is 0.522. The second-order valence-corrected chi connectivity index (χ2v) is 9.13. The molecule has 0 amide bonds. The van der Waals surface area contributed by atoms with Crippen molar-refractivity contribution in [1.29, 1.82) is 0 Å². The Morgan fingerprint density at radius 1 is 1.03 bits per heavy atom. The fourth-order valence-electron chi connectivity index (χ4n) is 4.00. The number of hydrogen-bond acceptors (Lipinski definition) is 5. The minimum atomic E-state index is -0.0484. The van der Waals surface area contributed by atoms with E-state index >= 15 is 0 Å². The molecule has 4 rings (SSSR count). The van der Waals surface area contributed by atoms with Crippen molar-refractivity contribution in [2.24, 2.45) is 10.6 Å². The molecule has 5 nitrogen and oxygen atoms in total. The predicted octanol–water partition coefficient (Wildman–Crippen LogP) is 4.50. The molecule has 160 valence electrons. The van der Waals surface area contributed by atoms with Gasteiger partial charge in [0.15, 0.2) is 0 Å². The van der Waals surface area contributed by atoms with Crippen molar-refractivity contribution in [3.63, 3.8) is 0 Å². The van der Waals surface area contributed by atoms with Crippen LogP contribution in [0.4, 0.5) is 11.4 Å². The van der Waals surface area contributed by atoms with Gasteiger partial charge in [0, 0.05) is 36.4 Å². The minimum absolute atomic E-state index is 0.0484. The predicted molar refractivity (Wildman–Crippen MR) is 124 cm³/mol. The Hall–Kier alpha value is -2.53. The molecule has 2 aromatic carbocycles. The number of para-hydroxylation sites is 1. The second-order valence-electron chi connectivity index (χ2n) is 9.13. The molecule has 5 heteroatoms. The molecule has 0 atom stereocenters. The number of rotatable bonds is 6. The third kappa shape index (κ3) is 4.96. The molecule has 0 N–H and O–H groups in total. The zero-order chi connectivity index (χ0) is 21.0.